The van der Waals surface area contributed by atoms with Gasteiger partial charge in [-0.15, -0.1) is 0 Å². The lowest BCUT2D eigenvalue weighted by molar-refractivity contribution is -0.124. The van der Waals surface area contributed by atoms with Crippen LogP contribution in [0.1, 0.15) is 34.6 Å². The summed E-state index contributed by atoms with van der Waals surface area (Å²) in [5.41, 5.74) is 5.60. The number of hydrogen-bond donors (Lipinski definition) is 4. The van der Waals surface area contributed by atoms with Crippen molar-refractivity contribution in [3.8, 4) is 0 Å². The minimum atomic E-state index is -3.89. The summed E-state index contributed by atoms with van der Waals surface area (Å²) in [4.78, 5) is 23.4. The lowest BCUT2D eigenvalue weighted by Crippen LogP contribution is -2.59. The first-order valence-corrected chi connectivity index (χ1v) is 9.81. The molecular weight excluding hydrogens is 356 g/mol. The Morgan fingerprint density at radius 1 is 1.15 bits per heavy atom. The molecule has 146 valence electrons. The summed E-state index contributed by atoms with van der Waals surface area (Å²) in [7, 11) is -3.89. The van der Waals surface area contributed by atoms with Gasteiger partial charge in [0, 0.05) is 19.2 Å². The van der Waals surface area contributed by atoms with Crippen molar-refractivity contribution < 1.29 is 18.0 Å². The maximum atomic E-state index is 12.4. The van der Waals surface area contributed by atoms with Gasteiger partial charge in [-0.05, 0) is 44.0 Å². The highest BCUT2D eigenvalue weighted by Crippen LogP contribution is 2.16. The van der Waals surface area contributed by atoms with Crippen molar-refractivity contribution in [2.45, 2.75) is 51.1 Å². The fourth-order valence-corrected chi connectivity index (χ4v) is 3.30. The summed E-state index contributed by atoms with van der Waals surface area (Å²) in [6, 6.07) is 4.70. The van der Waals surface area contributed by atoms with Gasteiger partial charge in [0.15, 0.2) is 0 Å². The van der Waals surface area contributed by atoms with Gasteiger partial charge in [-0.25, -0.2) is 8.42 Å². The summed E-state index contributed by atoms with van der Waals surface area (Å²) in [6.07, 6.45) is 0. The van der Waals surface area contributed by atoms with Crippen molar-refractivity contribution in [3.63, 3.8) is 0 Å². The molecule has 0 heterocycles. The Morgan fingerprint density at radius 3 is 2.12 bits per heavy atom. The van der Waals surface area contributed by atoms with E-state index in [9.17, 15) is 18.0 Å². The standard InChI is InChI=1S/C17H28N4O4S/c1-11(2)17(5,10-18)20-16(23)12(3)21-26(24,25)15-8-6-14(7-9-15)19-13(4)22/h6-9,11-12,21H,10,18H2,1-5H3,(H,19,22)(H,20,23). The topological polar surface area (TPSA) is 130 Å². The normalized spacial score (nSPS) is 15.2. The molecule has 0 radical (unpaired) electrons. The van der Waals surface area contributed by atoms with E-state index in [1.54, 1.807) is 0 Å². The maximum Gasteiger partial charge on any atom is 0.241 e. The SMILES string of the molecule is CC(=O)Nc1ccc(S(=O)(=O)NC(C)C(=O)NC(C)(CN)C(C)C)cc1. The number of rotatable bonds is 8. The van der Waals surface area contributed by atoms with Gasteiger partial charge in [-0.1, -0.05) is 13.8 Å². The van der Waals surface area contributed by atoms with E-state index in [1.807, 2.05) is 20.8 Å². The third-order valence-corrected chi connectivity index (χ3v) is 5.87. The lowest BCUT2D eigenvalue weighted by atomic mass is 9.88. The average molecular weight is 385 g/mol. The molecule has 26 heavy (non-hydrogen) atoms. The average Bonchev–Trinajstić information content (AvgIpc) is 2.53. The Bertz CT molecular complexity index is 747. The van der Waals surface area contributed by atoms with Crippen LogP contribution in [-0.2, 0) is 19.6 Å². The monoisotopic (exact) mass is 384 g/mol. The zero-order valence-corrected chi connectivity index (χ0v) is 16.6. The van der Waals surface area contributed by atoms with Crippen molar-refractivity contribution >= 4 is 27.5 Å². The van der Waals surface area contributed by atoms with Gasteiger partial charge in [-0.3, -0.25) is 9.59 Å². The predicted molar refractivity (Wildman–Crippen MR) is 101 cm³/mol. The Morgan fingerprint density at radius 2 is 1.69 bits per heavy atom. The van der Waals surface area contributed by atoms with Crippen LogP contribution in [0, 0.1) is 5.92 Å². The molecule has 0 aromatic heterocycles. The van der Waals surface area contributed by atoms with Crippen LogP contribution in [0.2, 0.25) is 0 Å². The van der Waals surface area contributed by atoms with Gasteiger partial charge in [0.05, 0.1) is 16.5 Å². The zero-order chi connectivity index (χ0) is 20.1. The number of benzene rings is 1. The molecule has 2 amide bonds. The van der Waals surface area contributed by atoms with Crippen molar-refractivity contribution in [1.82, 2.24) is 10.0 Å². The molecule has 0 aliphatic rings. The quantitative estimate of drug-likeness (QED) is 0.527. The molecule has 0 fully saturated rings. The smallest absolute Gasteiger partial charge is 0.241 e. The van der Waals surface area contributed by atoms with E-state index in [0.717, 1.165) is 0 Å². The Labute approximate surface area is 155 Å². The van der Waals surface area contributed by atoms with Crippen molar-refractivity contribution in [1.29, 1.82) is 0 Å². The third kappa shape index (κ3) is 5.79. The number of carbonyl (C=O) groups is 2. The number of hydrogen-bond acceptors (Lipinski definition) is 5. The Balaban J connectivity index is 2.85. The van der Waals surface area contributed by atoms with Crippen LogP contribution in [-0.4, -0.2) is 38.4 Å². The highest BCUT2D eigenvalue weighted by Gasteiger charge is 2.31. The Hall–Kier alpha value is -1.97. The third-order valence-electron chi connectivity index (χ3n) is 4.32. The highest BCUT2D eigenvalue weighted by molar-refractivity contribution is 7.89. The van der Waals surface area contributed by atoms with Crippen LogP contribution in [0.4, 0.5) is 5.69 Å². The van der Waals surface area contributed by atoms with Crippen LogP contribution >= 0.6 is 0 Å². The first-order valence-electron chi connectivity index (χ1n) is 8.33. The molecule has 0 saturated heterocycles. The van der Waals surface area contributed by atoms with Crippen LogP contribution in [0.3, 0.4) is 0 Å². The summed E-state index contributed by atoms with van der Waals surface area (Å²) in [5, 5.41) is 5.36. The molecule has 1 aromatic carbocycles. The molecule has 5 N–H and O–H groups in total. The van der Waals surface area contributed by atoms with E-state index in [0.29, 0.717) is 5.69 Å². The second-order valence-electron chi connectivity index (χ2n) is 6.81. The maximum absolute atomic E-state index is 12.4. The largest absolute Gasteiger partial charge is 0.348 e. The van der Waals surface area contributed by atoms with Gasteiger partial charge in [0.25, 0.3) is 0 Å². The minimum Gasteiger partial charge on any atom is -0.348 e. The van der Waals surface area contributed by atoms with Crippen molar-refractivity contribution in [2.24, 2.45) is 11.7 Å². The molecule has 0 aliphatic heterocycles. The summed E-state index contributed by atoms with van der Waals surface area (Å²) in [6.45, 7) is 8.74. The molecule has 2 atom stereocenters. The van der Waals surface area contributed by atoms with Crippen molar-refractivity contribution in [3.05, 3.63) is 24.3 Å². The number of sulfonamides is 1. The Kier molecular flexibility index (Phi) is 7.31. The fourth-order valence-electron chi connectivity index (χ4n) is 2.10. The van der Waals surface area contributed by atoms with Crippen LogP contribution < -0.4 is 21.1 Å². The molecule has 1 rings (SSSR count). The number of carbonyl (C=O) groups excluding carboxylic acids is 2. The lowest BCUT2D eigenvalue weighted by Gasteiger charge is -2.34. The summed E-state index contributed by atoms with van der Waals surface area (Å²) >= 11 is 0. The van der Waals surface area contributed by atoms with E-state index in [2.05, 4.69) is 15.4 Å². The second kappa shape index (κ2) is 8.61. The van der Waals surface area contributed by atoms with E-state index >= 15 is 0 Å². The van der Waals surface area contributed by atoms with Crippen molar-refractivity contribution in [2.75, 3.05) is 11.9 Å². The highest BCUT2D eigenvalue weighted by atomic mass is 32.2. The first-order chi connectivity index (χ1) is 11.9. The molecular formula is C17H28N4O4S. The van der Waals surface area contributed by atoms with Gasteiger partial charge >= 0.3 is 0 Å². The van der Waals surface area contributed by atoms with E-state index in [1.165, 1.54) is 38.1 Å². The summed E-state index contributed by atoms with van der Waals surface area (Å²) in [5.74, 6) is -0.621. The molecule has 0 bridgehead atoms. The summed E-state index contributed by atoms with van der Waals surface area (Å²) < 4.78 is 27.2. The van der Waals surface area contributed by atoms with Gasteiger partial charge in [0.1, 0.15) is 0 Å². The van der Waals surface area contributed by atoms with Crippen LogP contribution in [0.25, 0.3) is 0 Å². The van der Waals surface area contributed by atoms with E-state index < -0.39 is 27.5 Å². The minimum absolute atomic E-state index is 0.00306. The molecule has 1 aromatic rings. The molecule has 0 saturated carbocycles. The number of nitrogens with two attached hydrogens (primary N) is 1. The first kappa shape index (κ1) is 22.1. The molecule has 0 spiro atoms. The molecule has 2 unspecified atom stereocenters. The molecule has 8 nitrogen and oxygen atoms in total. The predicted octanol–water partition coefficient (Wildman–Crippen LogP) is 0.801. The van der Waals surface area contributed by atoms with E-state index in [-0.39, 0.29) is 23.3 Å². The van der Waals surface area contributed by atoms with Gasteiger partial charge in [-0.2, -0.15) is 4.72 Å². The van der Waals surface area contributed by atoms with E-state index in [4.69, 9.17) is 5.73 Å². The molecule has 9 heteroatoms. The van der Waals surface area contributed by atoms with Crippen LogP contribution in [0.5, 0.6) is 0 Å². The van der Waals surface area contributed by atoms with Crippen LogP contribution in [0.15, 0.2) is 29.2 Å². The zero-order valence-electron chi connectivity index (χ0n) is 15.8. The number of amides is 2. The second-order valence-corrected chi connectivity index (χ2v) is 8.53. The van der Waals surface area contributed by atoms with Gasteiger partial charge in [0.2, 0.25) is 21.8 Å². The molecule has 0 aliphatic carbocycles. The fraction of sp³-hybridized carbons (Fsp3) is 0.529. The number of anilines is 1. The van der Waals surface area contributed by atoms with Gasteiger partial charge < -0.3 is 16.4 Å². The number of nitrogens with one attached hydrogen (secondary N) is 3.